The zero-order valence-corrected chi connectivity index (χ0v) is 14.0. The van der Waals surface area contributed by atoms with Crippen LogP contribution in [0.15, 0.2) is 29.2 Å². The molecule has 1 atom stereocenters. The van der Waals surface area contributed by atoms with Crippen molar-refractivity contribution in [2.75, 3.05) is 13.1 Å². The predicted molar refractivity (Wildman–Crippen MR) is 81.8 cm³/mol. The van der Waals surface area contributed by atoms with Crippen molar-refractivity contribution >= 4 is 15.9 Å². The van der Waals surface area contributed by atoms with Crippen LogP contribution in [0.2, 0.25) is 0 Å². The molecule has 0 aromatic heterocycles. The third-order valence-corrected chi connectivity index (χ3v) is 5.28. The Balaban J connectivity index is 2.15. The number of piperidine rings is 1. The molecule has 1 aliphatic rings. The molecule has 134 valence electrons. The highest BCUT2D eigenvalue weighted by Crippen LogP contribution is 2.22. The van der Waals surface area contributed by atoms with Gasteiger partial charge in [-0.2, -0.15) is 17.9 Å². The number of rotatable bonds is 5. The van der Waals surface area contributed by atoms with Crippen LogP contribution in [0.1, 0.15) is 25.3 Å². The van der Waals surface area contributed by atoms with Crippen LogP contribution >= 0.6 is 0 Å². The van der Waals surface area contributed by atoms with E-state index >= 15 is 0 Å². The van der Waals surface area contributed by atoms with Gasteiger partial charge in [-0.25, -0.2) is 8.42 Å². The van der Waals surface area contributed by atoms with E-state index in [9.17, 15) is 26.4 Å². The lowest BCUT2D eigenvalue weighted by atomic mass is 10.1. The van der Waals surface area contributed by atoms with Gasteiger partial charge < -0.3 is 4.90 Å². The third kappa shape index (κ3) is 4.70. The second kappa shape index (κ2) is 7.10. The summed E-state index contributed by atoms with van der Waals surface area (Å²) in [6.45, 7) is 0.482. The summed E-state index contributed by atoms with van der Waals surface area (Å²) in [7, 11) is -3.97. The zero-order chi connectivity index (χ0) is 18.0. The van der Waals surface area contributed by atoms with Gasteiger partial charge in [0.05, 0.1) is 4.90 Å². The van der Waals surface area contributed by atoms with Crippen molar-refractivity contribution in [3.05, 3.63) is 29.8 Å². The number of carbonyl (C=O) groups is 1. The van der Waals surface area contributed by atoms with E-state index in [-0.39, 0.29) is 17.9 Å². The smallest absolute Gasteiger partial charge is 0.332 e. The first-order valence-electron chi connectivity index (χ1n) is 7.59. The largest absolute Gasteiger partial charge is 0.406 e. The van der Waals surface area contributed by atoms with E-state index in [0.717, 1.165) is 5.56 Å². The molecule has 24 heavy (non-hydrogen) atoms. The van der Waals surface area contributed by atoms with Crippen molar-refractivity contribution in [3.8, 4) is 0 Å². The van der Waals surface area contributed by atoms with Gasteiger partial charge >= 0.3 is 6.18 Å². The number of alkyl halides is 3. The highest BCUT2D eigenvalue weighted by atomic mass is 32.2. The molecule has 1 saturated heterocycles. The molecule has 1 heterocycles. The van der Waals surface area contributed by atoms with Gasteiger partial charge in [-0.3, -0.25) is 4.79 Å². The molecule has 5 nitrogen and oxygen atoms in total. The maximum atomic E-state index is 12.5. The summed E-state index contributed by atoms with van der Waals surface area (Å²) in [4.78, 5) is 12.8. The molecule has 0 radical (unpaired) electrons. The first kappa shape index (κ1) is 18.7. The molecular formula is C15H19F3N2O3S. The number of benzene rings is 1. The highest BCUT2D eigenvalue weighted by molar-refractivity contribution is 7.89. The number of sulfonamides is 1. The van der Waals surface area contributed by atoms with E-state index in [1.807, 2.05) is 6.92 Å². The molecule has 0 saturated carbocycles. The molecule has 1 fully saturated rings. The minimum absolute atomic E-state index is 0.00240. The fraction of sp³-hybridized carbons (Fsp3) is 0.533. The van der Waals surface area contributed by atoms with Crippen LogP contribution in [0, 0.1) is 0 Å². The molecule has 1 aliphatic heterocycles. The second-order valence-corrected chi connectivity index (χ2v) is 7.41. The van der Waals surface area contributed by atoms with Crippen molar-refractivity contribution < 1.29 is 26.4 Å². The van der Waals surface area contributed by atoms with Crippen LogP contribution in [-0.2, 0) is 21.2 Å². The molecule has 2 rings (SSSR count). The SMILES string of the molecule is CCc1cccc(S(=O)(=O)NC2CCCN(CC(F)(F)F)C2=O)c1. The normalized spacial score (nSPS) is 19.6. The molecule has 1 aromatic carbocycles. The van der Waals surface area contributed by atoms with Crippen molar-refractivity contribution in [2.45, 2.75) is 43.3 Å². The van der Waals surface area contributed by atoms with Crippen LogP contribution < -0.4 is 4.72 Å². The molecule has 1 aromatic rings. The molecular weight excluding hydrogens is 345 g/mol. The van der Waals surface area contributed by atoms with Gasteiger partial charge in [-0.1, -0.05) is 19.1 Å². The fourth-order valence-electron chi connectivity index (χ4n) is 2.61. The first-order valence-corrected chi connectivity index (χ1v) is 9.07. The summed E-state index contributed by atoms with van der Waals surface area (Å²) < 4.78 is 64.5. The number of halogens is 3. The molecule has 0 spiro atoms. The van der Waals surface area contributed by atoms with Gasteiger partial charge in [0.15, 0.2) is 0 Å². The van der Waals surface area contributed by atoms with E-state index in [1.165, 1.54) is 12.1 Å². The Hall–Kier alpha value is -1.61. The average Bonchev–Trinajstić information content (AvgIpc) is 2.50. The molecule has 1 amide bonds. The van der Waals surface area contributed by atoms with Crippen LogP contribution in [0.4, 0.5) is 13.2 Å². The van der Waals surface area contributed by atoms with Crippen LogP contribution in [-0.4, -0.2) is 44.5 Å². The van der Waals surface area contributed by atoms with Gasteiger partial charge in [-0.05, 0) is 37.0 Å². The highest BCUT2D eigenvalue weighted by Gasteiger charge is 2.38. The van der Waals surface area contributed by atoms with E-state index in [2.05, 4.69) is 4.72 Å². The van der Waals surface area contributed by atoms with Crippen molar-refractivity contribution in [3.63, 3.8) is 0 Å². The second-order valence-electron chi connectivity index (χ2n) is 5.69. The topological polar surface area (TPSA) is 66.5 Å². The zero-order valence-electron chi connectivity index (χ0n) is 13.1. The molecule has 1 N–H and O–H groups in total. The number of carbonyl (C=O) groups excluding carboxylic acids is 1. The summed E-state index contributed by atoms with van der Waals surface area (Å²) >= 11 is 0. The van der Waals surface area contributed by atoms with Crippen molar-refractivity contribution in [2.24, 2.45) is 0 Å². The first-order chi connectivity index (χ1) is 11.1. The van der Waals surface area contributed by atoms with Crippen LogP contribution in [0.5, 0.6) is 0 Å². The lowest BCUT2D eigenvalue weighted by Crippen LogP contribution is -2.54. The Morgan fingerprint density at radius 3 is 2.67 bits per heavy atom. The average molecular weight is 364 g/mol. The monoisotopic (exact) mass is 364 g/mol. The van der Waals surface area contributed by atoms with Gasteiger partial charge in [0.1, 0.15) is 12.6 Å². The number of nitrogens with zero attached hydrogens (tertiary/aromatic N) is 1. The lowest BCUT2D eigenvalue weighted by Gasteiger charge is -2.32. The quantitative estimate of drug-likeness (QED) is 0.870. The van der Waals surface area contributed by atoms with Crippen LogP contribution in [0.25, 0.3) is 0 Å². The predicted octanol–water partition coefficient (Wildman–Crippen LogP) is 2.08. The van der Waals surface area contributed by atoms with E-state index < -0.39 is 34.7 Å². The van der Waals surface area contributed by atoms with E-state index in [4.69, 9.17) is 0 Å². The van der Waals surface area contributed by atoms with Gasteiger partial charge in [0.2, 0.25) is 15.9 Å². The minimum Gasteiger partial charge on any atom is -0.332 e. The third-order valence-electron chi connectivity index (χ3n) is 3.82. The van der Waals surface area contributed by atoms with Crippen LogP contribution in [0.3, 0.4) is 0 Å². The maximum Gasteiger partial charge on any atom is 0.406 e. The summed E-state index contributed by atoms with van der Waals surface area (Å²) in [5.74, 6) is -0.839. The number of likely N-dealkylation sites (tertiary alicyclic amines) is 1. The molecule has 1 unspecified atom stereocenters. The summed E-state index contributed by atoms with van der Waals surface area (Å²) in [5.41, 5.74) is 0.812. The summed E-state index contributed by atoms with van der Waals surface area (Å²) in [6, 6.07) is 5.07. The molecule has 9 heteroatoms. The van der Waals surface area contributed by atoms with E-state index in [0.29, 0.717) is 17.7 Å². The number of nitrogens with one attached hydrogen (secondary N) is 1. The minimum atomic E-state index is -4.51. The van der Waals surface area contributed by atoms with Gasteiger partial charge in [0.25, 0.3) is 0 Å². The number of amides is 1. The Morgan fingerprint density at radius 2 is 2.04 bits per heavy atom. The summed E-state index contributed by atoms with van der Waals surface area (Å²) in [5, 5.41) is 0. The maximum absolute atomic E-state index is 12.5. The number of hydrogen-bond acceptors (Lipinski definition) is 3. The Morgan fingerprint density at radius 1 is 1.33 bits per heavy atom. The van der Waals surface area contributed by atoms with Gasteiger partial charge in [-0.15, -0.1) is 0 Å². The standard InChI is InChI=1S/C15H19F3N2O3S/c1-2-11-5-3-6-12(9-11)24(22,23)19-13-7-4-8-20(14(13)21)10-15(16,17)18/h3,5-6,9,13,19H,2,4,7-8,10H2,1H3. The fourth-order valence-corrected chi connectivity index (χ4v) is 3.90. The number of aryl methyl sites for hydroxylation is 1. The van der Waals surface area contributed by atoms with Crippen molar-refractivity contribution in [1.29, 1.82) is 0 Å². The Bertz CT molecular complexity index is 704. The number of hydrogen-bond donors (Lipinski definition) is 1. The summed E-state index contributed by atoms with van der Waals surface area (Å²) in [6.07, 6.45) is -3.37. The molecule has 0 bridgehead atoms. The van der Waals surface area contributed by atoms with Gasteiger partial charge in [0, 0.05) is 6.54 Å². The van der Waals surface area contributed by atoms with Crippen molar-refractivity contribution in [1.82, 2.24) is 9.62 Å². The lowest BCUT2D eigenvalue weighted by molar-refractivity contribution is -0.164. The molecule has 0 aliphatic carbocycles. The Kier molecular flexibility index (Phi) is 5.54. The Labute approximate surface area is 138 Å². The van der Waals surface area contributed by atoms with E-state index in [1.54, 1.807) is 12.1 Å².